The highest BCUT2D eigenvalue weighted by Gasteiger charge is 2.36. The quantitative estimate of drug-likeness (QED) is 0.799. The minimum atomic E-state index is 0.207. The van der Waals surface area contributed by atoms with Gasteiger partial charge in [-0.1, -0.05) is 18.2 Å². The van der Waals surface area contributed by atoms with Crippen molar-refractivity contribution in [2.45, 2.75) is 37.8 Å². The molecule has 0 N–H and O–H groups in total. The van der Waals surface area contributed by atoms with Crippen molar-refractivity contribution in [3.05, 3.63) is 35.9 Å². The number of amides is 1. The number of ether oxygens (including phenoxy) is 2. The number of benzene rings is 1. The summed E-state index contributed by atoms with van der Waals surface area (Å²) in [4.78, 5) is 14.7. The van der Waals surface area contributed by atoms with Crippen molar-refractivity contribution in [2.24, 2.45) is 0 Å². The van der Waals surface area contributed by atoms with Crippen LogP contribution < -0.4 is 9.47 Å². The third-order valence-corrected chi connectivity index (χ3v) is 4.40. The van der Waals surface area contributed by atoms with Crippen LogP contribution in [0.5, 0.6) is 11.5 Å². The highest BCUT2D eigenvalue weighted by Crippen LogP contribution is 2.33. The largest absolute Gasteiger partial charge is 0.493 e. The Morgan fingerprint density at radius 3 is 2.76 bits per heavy atom. The van der Waals surface area contributed by atoms with Gasteiger partial charge in [0.05, 0.1) is 26.7 Å². The second-order valence-electron chi connectivity index (χ2n) is 5.63. The van der Waals surface area contributed by atoms with Crippen LogP contribution in [-0.2, 0) is 11.2 Å². The summed E-state index contributed by atoms with van der Waals surface area (Å²) in [5.74, 6) is 1.57. The van der Waals surface area contributed by atoms with E-state index in [4.69, 9.17) is 9.47 Å². The first-order valence-corrected chi connectivity index (χ1v) is 7.41. The van der Waals surface area contributed by atoms with Gasteiger partial charge in [0.15, 0.2) is 11.5 Å². The molecule has 2 heterocycles. The lowest BCUT2D eigenvalue weighted by Crippen LogP contribution is -2.42. The van der Waals surface area contributed by atoms with E-state index in [1.807, 2.05) is 18.2 Å². The molecule has 112 valence electrons. The summed E-state index contributed by atoms with van der Waals surface area (Å²) in [5, 5.41) is 0. The molecule has 0 radical (unpaired) electrons. The van der Waals surface area contributed by atoms with E-state index in [0.717, 1.165) is 24.8 Å². The highest BCUT2D eigenvalue weighted by atomic mass is 16.5. The highest BCUT2D eigenvalue weighted by molar-refractivity contribution is 5.80. The molecule has 1 aromatic carbocycles. The van der Waals surface area contributed by atoms with Gasteiger partial charge in [0.1, 0.15) is 0 Å². The van der Waals surface area contributed by atoms with Gasteiger partial charge in [-0.3, -0.25) is 4.79 Å². The molecule has 21 heavy (non-hydrogen) atoms. The molecule has 4 heteroatoms. The molecule has 3 rings (SSSR count). The fraction of sp³-hybridized carbons (Fsp3) is 0.471. The lowest BCUT2D eigenvalue weighted by Gasteiger charge is -2.31. The maximum atomic E-state index is 12.6. The van der Waals surface area contributed by atoms with E-state index in [0.29, 0.717) is 30.0 Å². The van der Waals surface area contributed by atoms with E-state index in [1.165, 1.54) is 0 Å². The van der Waals surface area contributed by atoms with Crippen molar-refractivity contribution in [1.29, 1.82) is 0 Å². The number of carbonyl (C=O) groups is 1. The van der Waals surface area contributed by atoms with Gasteiger partial charge in [-0.25, -0.2) is 0 Å². The van der Waals surface area contributed by atoms with Crippen molar-refractivity contribution in [1.82, 2.24) is 4.90 Å². The van der Waals surface area contributed by atoms with Crippen LogP contribution in [0.25, 0.3) is 0 Å². The number of rotatable bonds is 4. The van der Waals surface area contributed by atoms with Gasteiger partial charge in [0, 0.05) is 6.04 Å². The van der Waals surface area contributed by atoms with Crippen LogP contribution in [0.2, 0.25) is 0 Å². The Morgan fingerprint density at radius 2 is 2.05 bits per heavy atom. The van der Waals surface area contributed by atoms with Crippen LogP contribution in [0, 0.1) is 0 Å². The molecule has 0 aliphatic carbocycles. The molecule has 2 aliphatic rings. The summed E-state index contributed by atoms with van der Waals surface area (Å²) in [5.41, 5.74) is 0.964. The lowest BCUT2D eigenvalue weighted by molar-refractivity contribution is -0.132. The predicted molar refractivity (Wildman–Crippen MR) is 80.7 cm³/mol. The Bertz CT molecular complexity index is 567. The predicted octanol–water partition coefficient (Wildman–Crippen LogP) is 2.57. The summed E-state index contributed by atoms with van der Waals surface area (Å²) in [6, 6.07) is 6.37. The molecule has 0 unspecified atom stereocenters. The Labute approximate surface area is 125 Å². The van der Waals surface area contributed by atoms with E-state index in [-0.39, 0.29) is 5.91 Å². The van der Waals surface area contributed by atoms with Crippen LogP contribution in [0.3, 0.4) is 0 Å². The molecule has 1 saturated heterocycles. The first-order valence-electron chi connectivity index (χ1n) is 7.41. The number of hydrogen-bond donors (Lipinski definition) is 0. The molecule has 0 aromatic heterocycles. The average Bonchev–Trinajstić information content (AvgIpc) is 2.76. The van der Waals surface area contributed by atoms with E-state index >= 15 is 0 Å². The monoisotopic (exact) mass is 287 g/mol. The van der Waals surface area contributed by atoms with Crippen LogP contribution >= 0.6 is 0 Å². The van der Waals surface area contributed by atoms with E-state index in [9.17, 15) is 4.79 Å². The fourth-order valence-corrected chi connectivity index (χ4v) is 3.37. The molecule has 0 saturated carbocycles. The first kappa shape index (κ1) is 14.0. The van der Waals surface area contributed by atoms with Gasteiger partial charge in [-0.05, 0) is 37.0 Å². The zero-order chi connectivity index (χ0) is 14.8. The first-order chi connectivity index (χ1) is 10.2. The number of fused-ring (bicyclic) bond motifs is 2. The van der Waals surface area contributed by atoms with E-state index in [2.05, 4.69) is 17.1 Å². The number of methoxy groups -OCH3 is 2. The Morgan fingerprint density at radius 1 is 1.24 bits per heavy atom. The van der Waals surface area contributed by atoms with Crippen molar-refractivity contribution in [3.8, 4) is 11.5 Å². The Hall–Kier alpha value is -1.97. The maximum Gasteiger partial charge on any atom is 0.227 e. The fourth-order valence-electron chi connectivity index (χ4n) is 3.37. The molecule has 0 spiro atoms. The van der Waals surface area contributed by atoms with Crippen molar-refractivity contribution in [3.63, 3.8) is 0 Å². The average molecular weight is 287 g/mol. The summed E-state index contributed by atoms with van der Waals surface area (Å²) >= 11 is 0. The second kappa shape index (κ2) is 5.80. The molecular weight excluding hydrogens is 266 g/mol. The molecule has 2 bridgehead atoms. The minimum Gasteiger partial charge on any atom is -0.493 e. The van der Waals surface area contributed by atoms with Gasteiger partial charge in [-0.2, -0.15) is 0 Å². The van der Waals surface area contributed by atoms with Gasteiger partial charge >= 0.3 is 0 Å². The van der Waals surface area contributed by atoms with Gasteiger partial charge in [0.25, 0.3) is 0 Å². The van der Waals surface area contributed by atoms with Gasteiger partial charge in [-0.15, -0.1) is 0 Å². The minimum absolute atomic E-state index is 0.207. The smallest absolute Gasteiger partial charge is 0.227 e. The standard InChI is InChI=1S/C17H21NO3/c1-20-15-9-6-12(10-16(15)21-2)11-17(19)18-13-4-3-5-14(18)8-7-13/h3-4,6,9-10,13-14H,5,7-8,11H2,1-2H3/t13-,14-/m0/s1. The SMILES string of the molecule is COc1ccc(CC(=O)N2[C@H]3CC=C[C@H]2CC3)cc1OC. The normalized spacial score (nSPS) is 23.2. The summed E-state index contributed by atoms with van der Waals surface area (Å²) < 4.78 is 10.5. The zero-order valence-electron chi connectivity index (χ0n) is 12.5. The van der Waals surface area contributed by atoms with Crippen molar-refractivity contribution in [2.75, 3.05) is 14.2 Å². The van der Waals surface area contributed by atoms with Crippen molar-refractivity contribution >= 4 is 5.91 Å². The van der Waals surface area contributed by atoms with Crippen molar-refractivity contribution < 1.29 is 14.3 Å². The Balaban J connectivity index is 1.75. The molecule has 4 nitrogen and oxygen atoms in total. The number of carbonyl (C=O) groups excluding carboxylic acids is 1. The lowest BCUT2D eigenvalue weighted by atomic mass is 10.1. The topological polar surface area (TPSA) is 38.8 Å². The zero-order valence-corrected chi connectivity index (χ0v) is 12.5. The van der Waals surface area contributed by atoms with Gasteiger partial charge in [0.2, 0.25) is 5.91 Å². The summed E-state index contributed by atoms with van der Waals surface area (Å²) in [7, 11) is 3.22. The molecule has 2 atom stereocenters. The van der Waals surface area contributed by atoms with Gasteiger partial charge < -0.3 is 14.4 Å². The van der Waals surface area contributed by atoms with Crippen LogP contribution in [0.1, 0.15) is 24.8 Å². The van der Waals surface area contributed by atoms with Crippen LogP contribution in [0.4, 0.5) is 0 Å². The summed E-state index contributed by atoms with van der Waals surface area (Å²) in [6.45, 7) is 0. The summed E-state index contributed by atoms with van der Waals surface area (Å²) in [6.07, 6.45) is 8.02. The number of nitrogens with zero attached hydrogens (tertiary/aromatic N) is 1. The van der Waals surface area contributed by atoms with E-state index < -0.39 is 0 Å². The van der Waals surface area contributed by atoms with Crippen LogP contribution in [-0.4, -0.2) is 37.1 Å². The molecule has 2 aliphatic heterocycles. The third-order valence-electron chi connectivity index (χ3n) is 4.40. The molecule has 1 aromatic rings. The molecule has 1 fully saturated rings. The number of hydrogen-bond acceptors (Lipinski definition) is 3. The Kier molecular flexibility index (Phi) is 3.86. The molecule has 1 amide bonds. The molecular formula is C17H21NO3. The second-order valence-corrected chi connectivity index (χ2v) is 5.63. The maximum absolute atomic E-state index is 12.6. The third kappa shape index (κ3) is 2.62. The van der Waals surface area contributed by atoms with Crippen LogP contribution in [0.15, 0.2) is 30.4 Å². The van der Waals surface area contributed by atoms with E-state index in [1.54, 1.807) is 14.2 Å².